The first-order valence-electron chi connectivity index (χ1n) is 7.26. The lowest BCUT2D eigenvalue weighted by Gasteiger charge is -2.33. The third-order valence-electron chi connectivity index (χ3n) is 4.49. The minimum absolute atomic E-state index is 0.125. The van der Waals surface area contributed by atoms with Crippen molar-refractivity contribution in [3.8, 4) is 0 Å². The van der Waals surface area contributed by atoms with Gasteiger partial charge in [0.25, 0.3) is 0 Å². The second-order valence-electron chi connectivity index (χ2n) is 5.97. The molecule has 0 bridgehead atoms. The Hall–Kier alpha value is -1.10. The molecule has 5 nitrogen and oxygen atoms in total. The fraction of sp³-hybridized carbons (Fsp3) is 0.857. The third kappa shape index (κ3) is 3.69. The van der Waals surface area contributed by atoms with E-state index in [-0.39, 0.29) is 11.9 Å². The van der Waals surface area contributed by atoms with Crippen LogP contribution in [0.4, 0.5) is 0 Å². The molecule has 2 fully saturated rings. The van der Waals surface area contributed by atoms with E-state index in [4.69, 9.17) is 5.11 Å². The fourth-order valence-corrected chi connectivity index (χ4v) is 2.62. The fourth-order valence-electron chi connectivity index (χ4n) is 2.62. The van der Waals surface area contributed by atoms with Gasteiger partial charge in [-0.15, -0.1) is 0 Å². The molecule has 0 aromatic rings. The SMILES string of the molecule is CC(C(=O)O)C(C)C(=O)NC1CCN(C2CC2)CC1. The largest absolute Gasteiger partial charge is 0.481 e. The van der Waals surface area contributed by atoms with Crippen LogP contribution in [0.1, 0.15) is 39.5 Å². The monoisotopic (exact) mass is 268 g/mol. The molecule has 1 aliphatic carbocycles. The summed E-state index contributed by atoms with van der Waals surface area (Å²) < 4.78 is 0. The van der Waals surface area contributed by atoms with E-state index < -0.39 is 17.8 Å². The summed E-state index contributed by atoms with van der Waals surface area (Å²) in [5, 5.41) is 11.9. The molecule has 1 heterocycles. The maximum atomic E-state index is 12.0. The third-order valence-corrected chi connectivity index (χ3v) is 4.49. The van der Waals surface area contributed by atoms with Gasteiger partial charge in [-0.3, -0.25) is 9.59 Å². The highest BCUT2D eigenvalue weighted by atomic mass is 16.4. The molecule has 2 unspecified atom stereocenters. The van der Waals surface area contributed by atoms with Gasteiger partial charge >= 0.3 is 5.97 Å². The molecule has 0 aromatic carbocycles. The lowest BCUT2D eigenvalue weighted by Crippen LogP contribution is -2.47. The molecule has 2 aliphatic rings. The Balaban J connectivity index is 1.75. The minimum atomic E-state index is -0.911. The van der Waals surface area contributed by atoms with Crippen LogP contribution in [-0.2, 0) is 9.59 Å². The Morgan fingerprint density at radius 2 is 1.68 bits per heavy atom. The van der Waals surface area contributed by atoms with E-state index in [0.717, 1.165) is 32.0 Å². The number of hydrogen-bond acceptors (Lipinski definition) is 3. The van der Waals surface area contributed by atoms with E-state index in [9.17, 15) is 9.59 Å². The predicted molar refractivity (Wildman–Crippen MR) is 71.7 cm³/mol. The van der Waals surface area contributed by atoms with Crippen LogP contribution in [0.3, 0.4) is 0 Å². The molecule has 0 spiro atoms. The van der Waals surface area contributed by atoms with E-state index in [0.29, 0.717) is 0 Å². The van der Waals surface area contributed by atoms with Gasteiger partial charge in [0.1, 0.15) is 0 Å². The van der Waals surface area contributed by atoms with Gasteiger partial charge in [0, 0.05) is 31.1 Å². The number of hydrogen-bond donors (Lipinski definition) is 2. The Kier molecular flexibility index (Phi) is 4.45. The maximum absolute atomic E-state index is 12.0. The first kappa shape index (κ1) is 14.3. The highest BCUT2D eigenvalue weighted by Gasteiger charge is 2.33. The van der Waals surface area contributed by atoms with Gasteiger partial charge in [0.15, 0.2) is 0 Å². The number of rotatable bonds is 5. The Morgan fingerprint density at radius 1 is 1.11 bits per heavy atom. The number of aliphatic carboxylic acids is 1. The topological polar surface area (TPSA) is 69.6 Å². The van der Waals surface area contributed by atoms with Gasteiger partial charge in [0.05, 0.1) is 5.92 Å². The van der Waals surface area contributed by atoms with E-state index in [2.05, 4.69) is 10.2 Å². The van der Waals surface area contributed by atoms with Gasteiger partial charge in [-0.25, -0.2) is 0 Å². The van der Waals surface area contributed by atoms with Gasteiger partial charge in [-0.05, 0) is 25.7 Å². The molecule has 2 N–H and O–H groups in total. The number of carbonyl (C=O) groups excluding carboxylic acids is 1. The Morgan fingerprint density at radius 3 is 2.16 bits per heavy atom. The average molecular weight is 268 g/mol. The van der Waals surface area contributed by atoms with Crippen molar-refractivity contribution in [2.45, 2.75) is 51.6 Å². The zero-order chi connectivity index (χ0) is 14.0. The highest BCUT2D eigenvalue weighted by molar-refractivity contribution is 5.84. The van der Waals surface area contributed by atoms with Crippen LogP contribution in [-0.4, -0.2) is 47.1 Å². The van der Waals surface area contributed by atoms with Crippen molar-refractivity contribution in [3.63, 3.8) is 0 Å². The first-order valence-corrected chi connectivity index (χ1v) is 7.26. The van der Waals surface area contributed by atoms with E-state index in [1.165, 1.54) is 12.8 Å². The van der Waals surface area contributed by atoms with Crippen molar-refractivity contribution in [3.05, 3.63) is 0 Å². The molecule has 2 atom stereocenters. The van der Waals surface area contributed by atoms with Crippen LogP contribution < -0.4 is 5.32 Å². The van der Waals surface area contributed by atoms with Crippen LogP contribution in [0.5, 0.6) is 0 Å². The second kappa shape index (κ2) is 5.90. The Labute approximate surface area is 114 Å². The van der Waals surface area contributed by atoms with E-state index in [1.807, 2.05) is 0 Å². The summed E-state index contributed by atoms with van der Waals surface area (Å²) in [6.45, 7) is 5.38. The van der Waals surface area contributed by atoms with Crippen molar-refractivity contribution in [2.24, 2.45) is 11.8 Å². The number of likely N-dealkylation sites (tertiary alicyclic amines) is 1. The number of carboxylic acids is 1. The molecule has 0 radical (unpaired) electrons. The molecule has 19 heavy (non-hydrogen) atoms. The van der Waals surface area contributed by atoms with Gasteiger partial charge < -0.3 is 15.3 Å². The van der Waals surface area contributed by atoms with E-state index >= 15 is 0 Å². The number of carbonyl (C=O) groups is 2. The van der Waals surface area contributed by atoms with Gasteiger partial charge in [-0.1, -0.05) is 13.8 Å². The van der Waals surface area contributed by atoms with Crippen molar-refractivity contribution < 1.29 is 14.7 Å². The quantitative estimate of drug-likeness (QED) is 0.783. The van der Waals surface area contributed by atoms with Crippen LogP contribution >= 0.6 is 0 Å². The molecule has 0 aromatic heterocycles. The van der Waals surface area contributed by atoms with Crippen LogP contribution in [0, 0.1) is 11.8 Å². The standard InChI is InChI=1S/C14H24N2O3/c1-9(10(2)14(18)19)13(17)15-11-5-7-16(8-6-11)12-3-4-12/h9-12H,3-8H2,1-2H3,(H,15,17)(H,18,19). The summed E-state index contributed by atoms with van der Waals surface area (Å²) in [6.07, 6.45) is 4.61. The van der Waals surface area contributed by atoms with Gasteiger partial charge in [0.2, 0.25) is 5.91 Å². The molecule has 2 rings (SSSR count). The van der Waals surface area contributed by atoms with Crippen molar-refractivity contribution in [2.75, 3.05) is 13.1 Å². The van der Waals surface area contributed by atoms with Crippen molar-refractivity contribution >= 4 is 11.9 Å². The molecular formula is C14H24N2O3. The number of nitrogens with one attached hydrogen (secondary N) is 1. The van der Waals surface area contributed by atoms with Crippen molar-refractivity contribution in [1.82, 2.24) is 10.2 Å². The van der Waals surface area contributed by atoms with Crippen LogP contribution in [0.15, 0.2) is 0 Å². The molecule has 1 aliphatic heterocycles. The number of amides is 1. The summed E-state index contributed by atoms with van der Waals surface area (Å²) in [5.41, 5.74) is 0. The average Bonchev–Trinajstić information content (AvgIpc) is 3.22. The molecule has 1 saturated carbocycles. The zero-order valence-corrected chi connectivity index (χ0v) is 11.8. The number of piperidine rings is 1. The normalized spacial score (nSPS) is 24.7. The lowest BCUT2D eigenvalue weighted by atomic mass is 9.94. The summed E-state index contributed by atoms with van der Waals surface area (Å²) in [4.78, 5) is 25.4. The summed E-state index contributed by atoms with van der Waals surface area (Å²) >= 11 is 0. The molecule has 108 valence electrons. The molecule has 1 saturated heterocycles. The lowest BCUT2D eigenvalue weighted by molar-refractivity contribution is -0.146. The maximum Gasteiger partial charge on any atom is 0.307 e. The smallest absolute Gasteiger partial charge is 0.307 e. The minimum Gasteiger partial charge on any atom is -0.481 e. The number of nitrogens with zero attached hydrogens (tertiary/aromatic N) is 1. The van der Waals surface area contributed by atoms with Crippen LogP contribution in [0.2, 0.25) is 0 Å². The Bertz CT molecular complexity index is 347. The number of carboxylic acid groups (broad SMARTS) is 1. The van der Waals surface area contributed by atoms with E-state index in [1.54, 1.807) is 13.8 Å². The molecule has 1 amide bonds. The first-order chi connectivity index (χ1) is 8.99. The zero-order valence-electron chi connectivity index (χ0n) is 11.8. The summed E-state index contributed by atoms with van der Waals surface area (Å²) in [5.74, 6) is -2.14. The summed E-state index contributed by atoms with van der Waals surface area (Å²) in [7, 11) is 0. The molecule has 5 heteroatoms. The summed E-state index contributed by atoms with van der Waals surface area (Å²) in [6, 6.07) is 1.01. The van der Waals surface area contributed by atoms with Crippen LogP contribution in [0.25, 0.3) is 0 Å². The molecular weight excluding hydrogens is 244 g/mol. The van der Waals surface area contributed by atoms with Gasteiger partial charge in [-0.2, -0.15) is 0 Å². The second-order valence-corrected chi connectivity index (χ2v) is 5.97. The predicted octanol–water partition coefficient (Wildman–Crippen LogP) is 1.09. The highest BCUT2D eigenvalue weighted by Crippen LogP contribution is 2.29. The van der Waals surface area contributed by atoms with Crippen molar-refractivity contribution in [1.29, 1.82) is 0 Å².